The number of anilines is 1. The highest BCUT2D eigenvalue weighted by molar-refractivity contribution is 5.91. The summed E-state index contributed by atoms with van der Waals surface area (Å²) in [6.45, 7) is 5.99. The van der Waals surface area contributed by atoms with Crippen molar-refractivity contribution in [1.82, 2.24) is 19.9 Å². The van der Waals surface area contributed by atoms with Crippen molar-refractivity contribution < 1.29 is 4.42 Å². The summed E-state index contributed by atoms with van der Waals surface area (Å²) in [6, 6.07) is 6.04. The van der Waals surface area contributed by atoms with Crippen LogP contribution in [-0.4, -0.2) is 19.9 Å². The number of nitrogens with zero attached hydrogens (tertiary/aromatic N) is 4. The van der Waals surface area contributed by atoms with E-state index >= 15 is 0 Å². The molecule has 0 radical (unpaired) electrons. The Balaban J connectivity index is 2.01. The van der Waals surface area contributed by atoms with E-state index in [0.717, 1.165) is 38.9 Å². The van der Waals surface area contributed by atoms with Gasteiger partial charge in [0, 0.05) is 22.8 Å². The quantitative estimate of drug-likeness (QED) is 0.600. The largest absolute Gasteiger partial charge is 0.462 e. The van der Waals surface area contributed by atoms with Gasteiger partial charge in [-0.3, -0.25) is 0 Å². The van der Waals surface area contributed by atoms with E-state index in [1.165, 1.54) is 0 Å². The number of benzene rings is 1. The zero-order valence-electron chi connectivity index (χ0n) is 14.2. The van der Waals surface area contributed by atoms with E-state index in [4.69, 9.17) is 10.2 Å². The third-order valence-corrected chi connectivity index (χ3v) is 4.32. The minimum absolute atomic E-state index is 0.214. The minimum Gasteiger partial charge on any atom is -0.462 e. The Morgan fingerprint density at radius 1 is 1.00 bits per heavy atom. The molecule has 0 fully saturated rings. The van der Waals surface area contributed by atoms with Gasteiger partial charge in [-0.15, -0.1) is 0 Å². The molecular weight excluding hydrogens is 314 g/mol. The Bertz CT molecular complexity index is 1100. The van der Waals surface area contributed by atoms with Gasteiger partial charge in [0.2, 0.25) is 5.95 Å². The van der Waals surface area contributed by atoms with Crippen LogP contribution in [0, 0.1) is 20.8 Å². The van der Waals surface area contributed by atoms with Crippen molar-refractivity contribution in [3.63, 3.8) is 0 Å². The van der Waals surface area contributed by atoms with Crippen molar-refractivity contribution in [3.8, 4) is 22.6 Å². The van der Waals surface area contributed by atoms with Crippen LogP contribution in [0.4, 0.5) is 5.95 Å². The van der Waals surface area contributed by atoms with Crippen LogP contribution < -0.4 is 5.73 Å². The highest BCUT2D eigenvalue weighted by atomic mass is 16.3. The molecule has 0 bridgehead atoms. The fourth-order valence-corrected chi connectivity index (χ4v) is 3.02. The second-order valence-electron chi connectivity index (χ2n) is 6.07. The van der Waals surface area contributed by atoms with Gasteiger partial charge in [0.25, 0.3) is 0 Å². The predicted octanol–water partition coefficient (Wildman–Crippen LogP) is 3.85. The zero-order chi connectivity index (χ0) is 17.6. The van der Waals surface area contributed by atoms with E-state index in [1.807, 2.05) is 26.8 Å². The molecule has 4 rings (SSSR count). The van der Waals surface area contributed by atoms with Crippen molar-refractivity contribution in [2.75, 3.05) is 5.73 Å². The van der Waals surface area contributed by atoms with Crippen molar-refractivity contribution in [1.29, 1.82) is 0 Å². The average molecular weight is 331 g/mol. The Labute approximate surface area is 144 Å². The molecule has 0 aliphatic carbocycles. The van der Waals surface area contributed by atoms with Crippen molar-refractivity contribution >= 4 is 16.9 Å². The lowest BCUT2D eigenvalue weighted by molar-refractivity contribution is 0.578. The van der Waals surface area contributed by atoms with Crippen LogP contribution in [0.25, 0.3) is 33.5 Å². The Hall–Kier alpha value is -3.28. The van der Waals surface area contributed by atoms with E-state index < -0.39 is 0 Å². The second-order valence-corrected chi connectivity index (χ2v) is 6.07. The zero-order valence-corrected chi connectivity index (χ0v) is 14.2. The molecule has 3 aromatic heterocycles. The molecule has 25 heavy (non-hydrogen) atoms. The fourth-order valence-electron chi connectivity index (χ4n) is 3.02. The number of hydrogen-bond donors (Lipinski definition) is 1. The van der Waals surface area contributed by atoms with Crippen molar-refractivity contribution in [2.24, 2.45) is 0 Å². The van der Waals surface area contributed by atoms with E-state index in [2.05, 4.69) is 32.1 Å². The van der Waals surface area contributed by atoms with Crippen molar-refractivity contribution in [3.05, 3.63) is 53.8 Å². The third-order valence-electron chi connectivity index (χ3n) is 4.32. The van der Waals surface area contributed by atoms with E-state index in [-0.39, 0.29) is 5.95 Å². The van der Waals surface area contributed by atoms with Gasteiger partial charge in [-0.05, 0) is 55.7 Å². The lowest BCUT2D eigenvalue weighted by Gasteiger charge is -2.11. The van der Waals surface area contributed by atoms with Crippen molar-refractivity contribution in [2.45, 2.75) is 20.8 Å². The summed E-state index contributed by atoms with van der Waals surface area (Å²) in [4.78, 5) is 17.3. The maximum Gasteiger partial charge on any atom is 0.220 e. The summed E-state index contributed by atoms with van der Waals surface area (Å²) < 4.78 is 5.64. The van der Waals surface area contributed by atoms with Crippen LogP contribution in [0.15, 0.2) is 41.4 Å². The molecule has 3 heterocycles. The first kappa shape index (κ1) is 15.3. The molecule has 0 aliphatic rings. The van der Waals surface area contributed by atoms with Gasteiger partial charge in [0.1, 0.15) is 12.0 Å². The molecule has 0 saturated heterocycles. The summed E-state index contributed by atoms with van der Waals surface area (Å²) in [5.74, 6) is 0.912. The van der Waals surface area contributed by atoms with Crippen LogP contribution >= 0.6 is 0 Å². The molecule has 1 aromatic carbocycles. The van der Waals surface area contributed by atoms with Gasteiger partial charge in [-0.1, -0.05) is 0 Å². The number of aryl methyl sites for hydroxylation is 3. The SMILES string of the molecule is Cc1ccoc1-c1nc(N)ncc1-c1cc(C)c2ncnc(C)c2c1. The maximum absolute atomic E-state index is 5.82. The van der Waals surface area contributed by atoms with Gasteiger partial charge in [-0.2, -0.15) is 0 Å². The third kappa shape index (κ3) is 2.52. The number of furan rings is 1. The average Bonchev–Trinajstić information content (AvgIpc) is 3.01. The maximum atomic E-state index is 5.82. The van der Waals surface area contributed by atoms with Crippen LogP contribution in [0.2, 0.25) is 0 Å². The molecule has 0 unspecified atom stereocenters. The molecular formula is C19H17N5O. The molecule has 0 saturated carbocycles. The van der Waals surface area contributed by atoms with Gasteiger partial charge < -0.3 is 10.2 Å². The highest BCUT2D eigenvalue weighted by Crippen LogP contribution is 2.35. The normalized spacial score (nSPS) is 11.2. The number of nitrogen functional groups attached to an aromatic ring is 1. The lowest BCUT2D eigenvalue weighted by Crippen LogP contribution is -1.99. The summed E-state index contributed by atoms with van der Waals surface area (Å²) in [5, 5.41) is 1.01. The molecule has 0 spiro atoms. The summed E-state index contributed by atoms with van der Waals surface area (Å²) in [6.07, 6.45) is 4.98. The Morgan fingerprint density at radius 2 is 1.84 bits per heavy atom. The van der Waals surface area contributed by atoms with Crippen LogP contribution in [0.1, 0.15) is 16.8 Å². The monoisotopic (exact) mass is 331 g/mol. The van der Waals surface area contributed by atoms with Crippen LogP contribution in [0.5, 0.6) is 0 Å². The number of rotatable bonds is 2. The molecule has 4 aromatic rings. The molecule has 6 nitrogen and oxygen atoms in total. The second kappa shape index (κ2) is 5.66. The first-order chi connectivity index (χ1) is 12.0. The summed E-state index contributed by atoms with van der Waals surface area (Å²) >= 11 is 0. The molecule has 6 heteroatoms. The van der Waals surface area contributed by atoms with E-state index in [0.29, 0.717) is 11.5 Å². The Morgan fingerprint density at radius 3 is 2.60 bits per heavy atom. The van der Waals surface area contributed by atoms with Crippen LogP contribution in [-0.2, 0) is 0 Å². The summed E-state index contributed by atoms with van der Waals surface area (Å²) in [7, 11) is 0. The van der Waals surface area contributed by atoms with E-state index in [1.54, 1.807) is 18.8 Å². The molecule has 0 amide bonds. The molecule has 0 atom stereocenters. The Kier molecular flexibility index (Phi) is 3.46. The van der Waals surface area contributed by atoms with E-state index in [9.17, 15) is 0 Å². The summed E-state index contributed by atoms with van der Waals surface area (Å²) in [5.41, 5.74) is 12.3. The molecule has 124 valence electrons. The fraction of sp³-hybridized carbons (Fsp3) is 0.158. The first-order valence-corrected chi connectivity index (χ1v) is 7.94. The van der Waals surface area contributed by atoms with Gasteiger partial charge in [0.05, 0.1) is 11.8 Å². The molecule has 2 N–H and O–H groups in total. The lowest BCUT2D eigenvalue weighted by atomic mass is 9.98. The standard InChI is InChI=1S/C19H17N5O/c1-10-4-5-25-18(10)17-15(8-21-19(20)24-17)13-6-11(2)16-14(7-13)12(3)22-9-23-16/h4-9H,1-3H3,(H2,20,21,24). The highest BCUT2D eigenvalue weighted by Gasteiger charge is 2.17. The molecule has 0 aliphatic heterocycles. The minimum atomic E-state index is 0.214. The number of aromatic nitrogens is 4. The smallest absolute Gasteiger partial charge is 0.220 e. The number of hydrogen-bond acceptors (Lipinski definition) is 6. The first-order valence-electron chi connectivity index (χ1n) is 7.94. The van der Waals surface area contributed by atoms with Gasteiger partial charge in [-0.25, -0.2) is 19.9 Å². The van der Waals surface area contributed by atoms with Gasteiger partial charge in [0.15, 0.2) is 5.76 Å². The predicted molar refractivity (Wildman–Crippen MR) is 96.9 cm³/mol. The van der Waals surface area contributed by atoms with Gasteiger partial charge >= 0.3 is 0 Å². The number of nitrogens with two attached hydrogens (primary N) is 1. The topological polar surface area (TPSA) is 90.7 Å². The van der Waals surface area contributed by atoms with Crippen LogP contribution in [0.3, 0.4) is 0 Å². The number of fused-ring (bicyclic) bond motifs is 1.